The molecule has 2 fully saturated rings. The Labute approximate surface area is 117 Å². The number of carbonyl (C=O) groups excluding carboxylic acids is 1. The van der Waals surface area contributed by atoms with Gasteiger partial charge in [-0.05, 0) is 36.8 Å². The molecule has 3 heterocycles. The van der Waals surface area contributed by atoms with Gasteiger partial charge in [0.15, 0.2) is 0 Å². The van der Waals surface area contributed by atoms with E-state index >= 15 is 0 Å². The van der Waals surface area contributed by atoms with Gasteiger partial charge in [0.1, 0.15) is 0 Å². The fourth-order valence-electron chi connectivity index (χ4n) is 3.54. The van der Waals surface area contributed by atoms with E-state index in [0.29, 0.717) is 12.1 Å². The fourth-order valence-corrected chi connectivity index (χ4v) is 3.54. The summed E-state index contributed by atoms with van der Waals surface area (Å²) in [5.74, 6) is 0.0166. The van der Waals surface area contributed by atoms with Gasteiger partial charge in [0.25, 0.3) is 5.91 Å². The van der Waals surface area contributed by atoms with Crippen LogP contribution in [0.4, 0.5) is 0 Å². The summed E-state index contributed by atoms with van der Waals surface area (Å²) in [5.41, 5.74) is 0.721. The molecule has 1 aromatic heterocycles. The van der Waals surface area contributed by atoms with Crippen LogP contribution in [0, 0.1) is 0 Å². The number of pyridine rings is 1. The molecule has 2 aliphatic rings. The smallest absolute Gasteiger partial charge is 0.252 e. The minimum Gasteiger partial charge on any atom is -0.348 e. The average molecular weight is 267 g/mol. The van der Waals surface area contributed by atoms with Gasteiger partial charge in [0.05, 0.1) is 0 Å². The predicted molar refractivity (Wildman–Crippen MR) is 77.6 cm³/mol. The highest BCUT2D eigenvalue weighted by atomic mass is 16.1. The topological polar surface area (TPSA) is 54.0 Å². The minimum atomic E-state index is 0.0166. The maximum atomic E-state index is 12.5. The SMILES string of the molecule is O=C(N[C@@H]1C[C@@H]2CC[C@H]1N2)c1cccc2ccncc12. The van der Waals surface area contributed by atoms with E-state index in [1.54, 1.807) is 12.4 Å². The Morgan fingerprint density at radius 3 is 3.05 bits per heavy atom. The van der Waals surface area contributed by atoms with Crippen LogP contribution in [0.5, 0.6) is 0 Å². The van der Waals surface area contributed by atoms with Crippen LogP contribution in [0.2, 0.25) is 0 Å². The average Bonchev–Trinajstić information content (AvgIpc) is 3.09. The first-order valence-electron chi connectivity index (χ1n) is 7.21. The van der Waals surface area contributed by atoms with Gasteiger partial charge in [-0.15, -0.1) is 0 Å². The molecule has 0 saturated carbocycles. The van der Waals surface area contributed by atoms with Crippen molar-refractivity contribution in [1.82, 2.24) is 15.6 Å². The summed E-state index contributed by atoms with van der Waals surface area (Å²) in [7, 11) is 0. The first-order valence-corrected chi connectivity index (χ1v) is 7.21. The van der Waals surface area contributed by atoms with Gasteiger partial charge in [-0.2, -0.15) is 0 Å². The summed E-state index contributed by atoms with van der Waals surface area (Å²) in [6, 6.07) is 9.07. The molecule has 2 N–H and O–H groups in total. The van der Waals surface area contributed by atoms with Crippen molar-refractivity contribution in [3.8, 4) is 0 Å². The molecule has 4 nitrogen and oxygen atoms in total. The van der Waals surface area contributed by atoms with Crippen LogP contribution in [-0.4, -0.2) is 29.0 Å². The van der Waals surface area contributed by atoms with E-state index in [1.807, 2.05) is 24.3 Å². The molecule has 0 radical (unpaired) electrons. The van der Waals surface area contributed by atoms with Gasteiger partial charge in [-0.3, -0.25) is 9.78 Å². The molecule has 2 aromatic rings. The molecule has 0 aliphatic carbocycles. The maximum Gasteiger partial charge on any atom is 0.252 e. The van der Waals surface area contributed by atoms with Gasteiger partial charge < -0.3 is 10.6 Å². The van der Waals surface area contributed by atoms with Gasteiger partial charge in [-0.1, -0.05) is 12.1 Å². The van der Waals surface area contributed by atoms with Crippen LogP contribution in [0.15, 0.2) is 36.7 Å². The van der Waals surface area contributed by atoms with Crippen molar-refractivity contribution >= 4 is 16.7 Å². The number of carbonyl (C=O) groups is 1. The van der Waals surface area contributed by atoms with Crippen molar-refractivity contribution in [3.05, 3.63) is 42.2 Å². The van der Waals surface area contributed by atoms with Crippen molar-refractivity contribution in [2.45, 2.75) is 37.4 Å². The number of benzene rings is 1. The molecule has 102 valence electrons. The Morgan fingerprint density at radius 1 is 1.30 bits per heavy atom. The Balaban J connectivity index is 1.61. The molecule has 1 amide bonds. The second-order valence-corrected chi connectivity index (χ2v) is 5.77. The van der Waals surface area contributed by atoms with Crippen LogP contribution in [0.3, 0.4) is 0 Å². The molecule has 2 bridgehead atoms. The van der Waals surface area contributed by atoms with Crippen LogP contribution < -0.4 is 10.6 Å². The zero-order valence-corrected chi connectivity index (χ0v) is 11.2. The zero-order valence-electron chi connectivity index (χ0n) is 11.2. The standard InChI is InChI=1S/C16H17N3O/c20-16(19-15-8-11-4-5-14(15)18-11)12-3-1-2-10-6-7-17-9-13(10)12/h1-3,6-7,9,11,14-15,18H,4-5,8H2,(H,19,20)/t11-,14+,15+/m0/s1. The number of amides is 1. The molecule has 20 heavy (non-hydrogen) atoms. The van der Waals surface area contributed by atoms with Gasteiger partial charge in [0, 0.05) is 41.5 Å². The second-order valence-electron chi connectivity index (χ2n) is 5.77. The molecule has 3 atom stereocenters. The number of hydrogen-bond donors (Lipinski definition) is 2. The lowest BCUT2D eigenvalue weighted by Gasteiger charge is -2.21. The first kappa shape index (κ1) is 11.9. The second kappa shape index (κ2) is 4.56. The van der Waals surface area contributed by atoms with E-state index in [-0.39, 0.29) is 11.9 Å². The van der Waals surface area contributed by atoms with Crippen LogP contribution >= 0.6 is 0 Å². The Bertz CT molecular complexity index is 664. The summed E-state index contributed by atoms with van der Waals surface area (Å²) in [6.45, 7) is 0. The Morgan fingerprint density at radius 2 is 2.25 bits per heavy atom. The highest BCUT2D eigenvalue weighted by molar-refractivity contribution is 6.06. The minimum absolute atomic E-state index is 0.0166. The Hall–Kier alpha value is -1.94. The van der Waals surface area contributed by atoms with E-state index in [2.05, 4.69) is 15.6 Å². The van der Waals surface area contributed by atoms with E-state index in [4.69, 9.17) is 0 Å². The molecule has 0 spiro atoms. The predicted octanol–water partition coefficient (Wildman–Crippen LogP) is 1.86. The summed E-state index contributed by atoms with van der Waals surface area (Å²) in [6.07, 6.45) is 6.99. The molecule has 2 saturated heterocycles. The van der Waals surface area contributed by atoms with Crippen molar-refractivity contribution in [1.29, 1.82) is 0 Å². The van der Waals surface area contributed by atoms with Crippen molar-refractivity contribution in [2.24, 2.45) is 0 Å². The number of fused-ring (bicyclic) bond motifs is 3. The third-order valence-corrected chi connectivity index (χ3v) is 4.54. The molecule has 4 heteroatoms. The van der Waals surface area contributed by atoms with Crippen LogP contribution in [-0.2, 0) is 0 Å². The lowest BCUT2D eigenvalue weighted by molar-refractivity contribution is 0.0932. The van der Waals surface area contributed by atoms with Crippen molar-refractivity contribution in [2.75, 3.05) is 0 Å². The Kier molecular flexibility index (Phi) is 2.70. The third-order valence-electron chi connectivity index (χ3n) is 4.54. The molecular formula is C16H17N3O. The van der Waals surface area contributed by atoms with Gasteiger partial charge >= 0.3 is 0 Å². The van der Waals surface area contributed by atoms with E-state index in [1.165, 1.54) is 12.8 Å². The quantitative estimate of drug-likeness (QED) is 0.873. The van der Waals surface area contributed by atoms with Gasteiger partial charge in [-0.25, -0.2) is 0 Å². The number of nitrogens with one attached hydrogen (secondary N) is 2. The molecule has 2 aliphatic heterocycles. The van der Waals surface area contributed by atoms with Crippen molar-refractivity contribution < 1.29 is 4.79 Å². The van der Waals surface area contributed by atoms with Crippen LogP contribution in [0.25, 0.3) is 10.8 Å². The largest absolute Gasteiger partial charge is 0.348 e. The normalized spacial score (nSPS) is 27.9. The summed E-state index contributed by atoms with van der Waals surface area (Å²) >= 11 is 0. The number of hydrogen-bond acceptors (Lipinski definition) is 3. The third kappa shape index (κ3) is 1.88. The molecule has 1 aromatic carbocycles. The highest BCUT2D eigenvalue weighted by Gasteiger charge is 2.39. The summed E-state index contributed by atoms with van der Waals surface area (Å²) in [5, 5.41) is 8.71. The lowest BCUT2D eigenvalue weighted by atomic mass is 9.95. The monoisotopic (exact) mass is 267 g/mol. The van der Waals surface area contributed by atoms with E-state index in [0.717, 1.165) is 22.8 Å². The first-order chi connectivity index (χ1) is 9.81. The lowest BCUT2D eigenvalue weighted by Crippen LogP contribution is -2.42. The maximum absolute atomic E-state index is 12.5. The molecular weight excluding hydrogens is 250 g/mol. The van der Waals surface area contributed by atoms with Crippen molar-refractivity contribution in [3.63, 3.8) is 0 Å². The van der Waals surface area contributed by atoms with Gasteiger partial charge in [0.2, 0.25) is 0 Å². The number of aromatic nitrogens is 1. The number of nitrogens with zero attached hydrogens (tertiary/aromatic N) is 1. The molecule has 0 unspecified atom stereocenters. The molecule has 4 rings (SSSR count). The summed E-state index contributed by atoms with van der Waals surface area (Å²) in [4.78, 5) is 16.7. The zero-order chi connectivity index (χ0) is 13.5. The summed E-state index contributed by atoms with van der Waals surface area (Å²) < 4.78 is 0. The highest BCUT2D eigenvalue weighted by Crippen LogP contribution is 2.28. The van der Waals surface area contributed by atoms with E-state index in [9.17, 15) is 4.79 Å². The van der Waals surface area contributed by atoms with Crippen LogP contribution in [0.1, 0.15) is 29.6 Å². The fraction of sp³-hybridized carbons (Fsp3) is 0.375. The number of rotatable bonds is 2. The van der Waals surface area contributed by atoms with E-state index < -0.39 is 0 Å².